The van der Waals surface area contributed by atoms with Crippen LogP contribution in [0.5, 0.6) is 11.5 Å². The lowest BCUT2D eigenvalue weighted by Gasteiger charge is -2.39. The smallest absolute Gasteiger partial charge is 0.237 e. The van der Waals surface area contributed by atoms with Gasteiger partial charge in [-0.3, -0.25) is 4.79 Å². The molecule has 2 heterocycles. The summed E-state index contributed by atoms with van der Waals surface area (Å²) in [7, 11) is 0. The van der Waals surface area contributed by atoms with Crippen LogP contribution < -0.4 is 14.8 Å². The lowest BCUT2D eigenvalue weighted by atomic mass is 9.63. The van der Waals surface area contributed by atoms with Crippen molar-refractivity contribution in [3.05, 3.63) is 78.1 Å². The predicted molar refractivity (Wildman–Crippen MR) is 143 cm³/mol. The van der Waals surface area contributed by atoms with Gasteiger partial charge in [-0.1, -0.05) is 39.0 Å². The molecule has 8 heteroatoms. The minimum atomic E-state index is -0.805. The molecule has 8 nitrogen and oxygen atoms in total. The maximum Gasteiger partial charge on any atom is 0.237 e. The van der Waals surface area contributed by atoms with Crippen molar-refractivity contribution in [3.8, 4) is 11.5 Å². The summed E-state index contributed by atoms with van der Waals surface area (Å²) in [6, 6.07) is 20.7. The fraction of sp³-hybridized carbons (Fsp3) is 0.300. The van der Waals surface area contributed by atoms with Crippen LogP contribution in [0, 0.1) is 5.41 Å². The summed E-state index contributed by atoms with van der Waals surface area (Å²) in [6.07, 6.45) is 1.58. The summed E-state index contributed by atoms with van der Waals surface area (Å²) in [5.74, 6) is 1.28. The average molecular weight is 506 g/mol. The van der Waals surface area contributed by atoms with E-state index in [0.717, 1.165) is 29.0 Å². The van der Waals surface area contributed by atoms with Gasteiger partial charge in [0.05, 0.1) is 39.2 Å². The highest BCUT2D eigenvalue weighted by molar-refractivity contribution is 6.02. The second-order valence-corrected chi connectivity index (χ2v) is 11.0. The Kier molecular flexibility index (Phi) is 4.71. The van der Waals surface area contributed by atoms with Crippen molar-refractivity contribution in [3.63, 3.8) is 0 Å². The van der Waals surface area contributed by atoms with Gasteiger partial charge in [0.15, 0.2) is 11.5 Å². The third-order valence-electron chi connectivity index (χ3n) is 9.08. The number of fused-ring (bicyclic) bond motifs is 7. The van der Waals surface area contributed by atoms with Crippen LogP contribution in [0.4, 0.5) is 17.1 Å². The van der Waals surface area contributed by atoms with Crippen molar-refractivity contribution < 1.29 is 14.3 Å². The van der Waals surface area contributed by atoms with E-state index in [-0.39, 0.29) is 23.5 Å². The fourth-order valence-corrected chi connectivity index (χ4v) is 6.46. The molecule has 2 aliphatic carbocycles. The number of carbonyl (C=O) groups excluding carboxylic acids is 1. The van der Waals surface area contributed by atoms with E-state index < -0.39 is 5.41 Å². The van der Waals surface area contributed by atoms with Gasteiger partial charge in [0.2, 0.25) is 12.7 Å². The quantitative estimate of drug-likeness (QED) is 0.310. The summed E-state index contributed by atoms with van der Waals surface area (Å²) in [6.45, 7) is 6.75. The van der Waals surface area contributed by atoms with Gasteiger partial charge < -0.3 is 14.8 Å². The summed E-state index contributed by atoms with van der Waals surface area (Å²) in [4.78, 5) is 24.3. The van der Waals surface area contributed by atoms with Gasteiger partial charge in [-0.2, -0.15) is 10.2 Å². The Morgan fingerprint density at radius 3 is 2.08 bits per heavy atom. The molecule has 1 aromatic heterocycles. The number of rotatable bonds is 4. The van der Waals surface area contributed by atoms with Crippen molar-refractivity contribution in [1.82, 2.24) is 9.97 Å². The molecule has 1 saturated carbocycles. The molecule has 2 atom stereocenters. The molecule has 3 aliphatic rings. The zero-order valence-electron chi connectivity index (χ0n) is 21.5. The number of benzene rings is 3. The number of hydrogen-bond donors (Lipinski definition) is 1. The molecule has 7 rings (SSSR count). The van der Waals surface area contributed by atoms with Gasteiger partial charge in [-0.25, -0.2) is 9.97 Å². The number of amides is 1. The molecule has 1 amide bonds. The molecule has 0 spiro atoms. The first-order chi connectivity index (χ1) is 18.3. The largest absolute Gasteiger partial charge is 0.454 e. The van der Waals surface area contributed by atoms with E-state index in [1.165, 1.54) is 0 Å². The summed E-state index contributed by atoms with van der Waals surface area (Å²) >= 11 is 0. The molecule has 1 aliphatic heterocycles. The van der Waals surface area contributed by atoms with E-state index in [2.05, 4.69) is 36.3 Å². The maximum atomic E-state index is 14.2. The number of anilines is 1. The van der Waals surface area contributed by atoms with Crippen molar-refractivity contribution in [2.45, 2.75) is 44.4 Å². The number of aromatic nitrogens is 2. The minimum absolute atomic E-state index is 0.0574. The zero-order valence-corrected chi connectivity index (χ0v) is 21.5. The van der Waals surface area contributed by atoms with E-state index in [1.807, 2.05) is 66.7 Å². The van der Waals surface area contributed by atoms with Crippen LogP contribution in [-0.4, -0.2) is 22.7 Å². The first-order valence-electron chi connectivity index (χ1n) is 12.8. The Morgan fingerprint density at radius 2 is 1.42 bits per heavy atom. The fourth-order valence-electron chi connectivity index (χ4n) is 6.46. The monoisotopic (exact) mass is 505 g/mol. The Balaban J connectivity index is 1.23. The zero-order chi connectivity index (χ0) is 26.1. The lowest BCUT2D eigenvalue weighted by molar-refractivity contribution is -0.125. The van der Waals surface area contributed by atoms with Crippen LogP contribution in [-0.2, 0) is 15.6 Å². The Bertz CT molecular complexity index is 1630. The van der Waals surface area contributed by atoms with Crippen LogP contribution >= 0.6 is 0 Å². The van der Waals surface area contributed by atoms with Crippen LogP contribution in [0.2, 0.25) is 0 Å². The average Bonchev–Trinajstić information content (AvgIpc) is 3.50. The van der Waals surface area contributed by atoms with Crippen molar-refractivity contribution in [2.24, 2.45) is 15.6 Å². The molecule has 2 bridgehead atoms. The van der Waals surface area contributed by atoms with Crippen molar-refractivity contribution in [2.75, 3.05) is 12.1 Å². The molecule has 190 valence electrons. The number of carbonyl (C=O) groups is 1. The Labute approximate surface area is 220 Å². The molecular formula is C30H27N5O3. The molecular weight excluding hydrogens is 478 g/mol. The van der Waals surface area contributed by atoms with Crippen LogP contribution in [0.25, 0.3) is 11.0 Å². The second kappa shape index (κ2) is 7.84. The predicted octanol–water partition coefficient (Wildman–Crippen LogP) is 6.74. The standard InChI is InChI=1S/C30H27N5O3/c1-28(2)29(3)13-14-30(28,26-25(29)32-21-15-23-24(38-17-37-23)16-22(21)33-26)27(36)31-18-9-11-20(12-10-18)35-34-19-7-5-4-6-8-19/h4-12,15-16H,13-14,17H2,1-3H3,(H,31,36). The highest BCUT2D eigenvalue weighted by Gasteiger charge is 2.73. The van der Waals surface area contributed by atoms with E-state index in [0.29, 0.717) is 34.8 Å². The molecule has 0 saturated heterocycles. The second-order valence-electron chi connectivity index (χ2n) is 11.0. The summed E-state index contributed by atoms with van der Waals surface area (Å²) < 4.78 is 11.1. The summed E-state index contributed by atoms with van der Waals surface area (Å²) in [5.41, 5.74) is 3.88. The highest BCUT2D eigenvalue weighted by atomic mass is 16.7. The van der Waals surface area contributed by atoms with Gasteiger partial charge in [-0.15, -0.1) is 0 Å². The molecule has 0 radical (unpaired) electrons. The lowest BCUT2D eigenvalue weighted by Crippen LogP contribution is -2.48. The molecule has 4 aromatic rings. The van der Waals surface area contributed by atoms with E-state index >= 15 is 0 Å². The van der Waals surface area contributed by atoms with Crippen LogP contribution in [0.3, 0.4) is 0 Å². The van der Waals surface area contributed by atoms with Gasteiger partial charge >= 0.3 is 0 Å². The first-order valence-corrected chi connectivity index (χ1v) is 12.8. The maximum absolute atomic E-state index is 14.2. The number of nitrogens with one attached hydrogen (secondary N) is 1. The van der Waals surface area contributed by atoms with Gasteiger partial charge in [0.1, 0.15) is 0 Å². The van der Waals surface area contributed by atoms with Gasteiger partial charge in [0.25, 0.3) is 0 Å². The van der Waals surface area contributed by atoms with E-state index in [4.69, 9.17) is 19.4 Å². The van der Waals surface area contributed by atoms with Gasteiger partial charge in [-0.05, 0) is 54.7 Å². The topological polar surface area (TPSA) is 98.1 Å². The van der Waals surface area contributed by atoms with Crippen LogP contribution in [0.1, 0.15) is 45.0 Å². The number of nitrogens with zero attached hydrogens (tertiary/aromatic N) is 4. The summed E-state index contributed by atoms with van der Waals surface area (Å²) in [5, 5.41) is 11.7. The molecule has 3 aromatic carbocycles. The van der Waals surface area contributed by atoms with Crippen molar-refractivity contribution in [1.29, 1.82) is 0 Å². The third-order valence-corrected chi connectivity index (χ3v) is 9.08. The molecule has 1 N–H and O–H groups in total. The van der Waals surface area contributed by atoms with E-state index in [9.17, 15) is 4.79 Å². The number of azo groups is 1. The SMILES string of the molecule is CC12CCC(C(=O)Nc3ccc(N=Nc4ccccc4)cc3)(c3nc4cc5c(cc4nc31)OCO5)C2(C)C. The van der Waals surface area contributed by atoms with Gasteiger partial charge in [0, 0.05) is 23.2 Å². The third kappa shape index (κ3) is 3.00. The number of hydrogen-bond acceptors (Lipinski definition) is 7. The first kappa shape index (κ1) is 22.8. The molecule has 38 heavy (non-hydrogen) atoms. The Morgan fingerprint density at radius 1 is 0.816 bits per heavy atom. The molecule has 2 unspecified atom stereocenters. The normalized spacial score (nSPS) is 24.2. The highest BCUT2D eigenvalue weighted by Crippen LogP contribution is 2.70. The van der Waals surface area contributed by atoms with Crippen LogP contribution in [0.15, 0.2) is 77.0 Å². The number of ether oxygens (including phenoxy) is 2. The minimum Gasteiger partial charge on any atom is -0.454 e. The van der Waals surface area contributed by atoms with Crippen molar-refractivity contribution >= 4 is 34.0 Å². The van der Waals surface area contributed by atoms with E-state index in [1.54, 1.807) is 0 Å². The molecule has 1 fully saturated rings. The Hall–Kier alpha value is -4.33.